The van der Waals surface area contributed by atoms with Crippen LogP contribution < -0.4 is 5.73 Å². The van der Waals surface area contributed by atoms with E-state index >= 15 is 0 Å². The lowest BCUT2D eigenvalue weighted by molar-refractivity contribution is 0.0185. The van der Waals surface area contributed by atoms with Crippen LogP contribution in [0.4, 0.5) is 0 Å². The normalized spacial score (nSPS) is 22.3. The Morgan fingerprint density at radius 2 is 2.07 bits per heavy atom. The van der Waals surface area contributed by atoms with Crippen LogP contribution in [0.1, 0.15) is 13.3 Å². The van der Waals surface area contributed by atoms with Gasteiger partial charge in [-0.3, -0.25) is 4.90 Å². The highest BCUT2D eigenvalue weighted by molar-refractivity contribution is 4.82. The third-order valence-electron chi connectivity index (χ3n) is 2.64. The van der Waals surface area contributed by atoms with Crippen molar-refractivity contribution in [2.75, 3.05) is 46.1 Å². The number of ether oxygens (including phenoxy) is 2. The van der Waals surface area contributed by atoms with Gasteiger partial charge in [-0.15, -0.1) is 0 Å². The van der Waals surface area contributed by atoms with Crippen molar-refractivity contribution in [3.63, 3.8) is 0 Å². The first kappa shape index (κ1) is 11.9. The van der Waals surface area contributed by atoms with Crippen LogP contribution in [-0.2, 0) is 9.47 Å². The van der Waals surface area contributed by atoms with Crippen LogP contribution in [0, 0.1) is 0 Å². The number of likely N-dealkylation sites (tertiary alicyclic amines) is 1. The van der Waals surface area contributed by atoms with Crippen LogP contribution in [0.3, 0.4) is 0 Å². The number of nitrogens with zero attached hydrogens (tertiary/aromatic N) is 1. The third kappa shape index (κ3) is 3.92. The molecule has 0 aliphatic carbocycles. The maximum absolute atomic E-state index is 5.59. The molecule has 4 nitrogen and oxygen atoms in total. The van der Waals surface area contributed by atoms with Crippen LogP contribution in [-0.4, -0.2) is 57.0 Å². The first-order valence-electron chi connectivity index (χ1n) is 5.48. The SMILES string of the molecule is CCOCCOCCN1CCC1CN. The minimum Gasteiger partial charge on any atom is -0.379 e. The molecule has 84 valence electrons. The molecule has 0 aromatic carbocycles. The summed E-state index contributed by atoms with van der Waals surface area (Å²) in [6.45, 7) is 7.93. The molecule has 4 heteroatoms. The fourth-order valence-electron chi connectivity index (χ4n) is 1.60. The van der Waals surface area contributed by atoms with Gasteiger partial charge < -0.3 is 15.2 Å². The Hall–Kier alpha value is -0.160. The maximum atomic E-state index is 5.59. The third-order valence-corrected chi connectivity index (χ3v) is 2.64. The highest BCUT2D eigenvalue weighted by Crippen LogP contribution is 2.14. The summed E-state index contributed by atoms with van der Waals surface area (Å²) in [6.07, 6.45) is 1.25. The van der Waals surface area contributed by atoms with Gasteiger partial charge in [0.05, 0.1) is 19.8 Å². The molecule has 0 radical (unpaired) electrons. The molecule has 1 rings (SSSR count). The van der Waals surface area contributed by atoms with Crippen LogP contribution in [0.5, 0.6) is 0 Å². The van der Waals surface area contributed by atoms with Gasteiger partial charge >= 0.3 is 0 Å². The maximum Gasteiger partial charge on any atom is 0.0701 e. The predicted molar refractivity (Wildman–Crippen MR) is 56.3 cm³/mol. The van der Waals surface area contributed by atoms with E-state index in [4.69, 9.17) is 15.2 Å². The smallest absolute Gasteiger partial charge is 0.0701 e. The molecule has 0 spiro atoms. The van der Waals surface area contributed by atoms with Crippen molar-refractivity contribution in [2.24, 2.45) is 5.73 Å². The minimum absolute atomic E-state index is 0.602. The van der Waals surface area contributed by atoms with Crippen LogP contribution in [0.25, 0.3) is 0 Å². The molecule has 0 aromatic rings. The van der Waals surface area contributed by atoms with E-state index in [1.165, 1.54) is 13.0 Å². The summed E-state index contributed by atoms with van der Waals surface area (Å²) in [5.41, 5.74) is 5.59. The molecular formula is C10H22N2O2. The van der Waals surface area contributed by atoms with Gasteiger partial charge in [-0.05, 0) is 13.3 Å². The number of nitrogens with two attached hydrogens (primary N) is 1. The second-order valence-corrected chi connectivity index (χ2v) is 3.52. The molecule has 1 saturated heterocycles. The molecule has 1 atom stereocenters. The molecule has 1 aliphatic heterocycles. The first-order chi connectivity index (χ1) is 6.88. The van der Waals surface area contributed by atoms with Crippen molar-refractivity contribution < 1.29 is 9.47 Å². The predicted octanol–water partition coefficient (Wildman–Crippen LogP) is 0.0725. The van der Waals surface area contributed by atoms with E-state index in [1.54, 1.807) is 0 Å². The molecule has 14 heavy (non-hydrogen) atoms. The van der Waals surface area contributed by atoms with Gasteiger partial charge in [0.25, 0.3) is 0 Å². The highest BCUT2D eigenvalue weighted by atomic mass is 16.5. The summed E-state index contributed by atoms with van der Waals surface area (Å²) in [4.78, 5) is 2.38. The average molecular weight is 202 g/mol. The van der Waals surface area contributed by atoms with Crippen LogP contribution in [0.15, 0.2) is 0 Å². The van der Waals surface area contributed by atoms with Gasteiger partial charge in [0.1, 0.15) is 0 Å². The minimum atomic E-state index is 0.602. The Bertz CT molecular complexity index is 142. The lowest BCUT2D eigenvalue weighted by Crippen LogP contribution is -2.52. The quantitative estimate of drug-likeness (QED) is 0.566. The van der Waals surface area contributed by atoms with E-state index in [0.29, 0.717) is 19.3 Å². The van der Waals surface area contributed by atoms with E-state index in [1.807, 2.05) is 6.92 Å². The zero-order valence-electron chi connectivity index (χ0n) is 9.08. The van der Waals surface area contributed by atoms with Gasteiger partial charge in [-0.25, -0.2) is 0 Å². The molecule has 0 saturated carbocycles. The largest absolute Gasteiger partial charge is 0.379 e. The zero-order valence-corrected chi connectivity index (χ0v) is 9.08. The van der Waals surface area contributed by atoms with Gasteiger partial charge in [-0.2, -0.15) is 0 Å². The second kappa shape index (κ2) is 7.17. The molecule has 1 aliphatic rings. The lowest BCUT2D eigenvalue weighted by Gasteiger charge is -2.40. The van der Waals surface area contributed by atoms with Crippen molar-refractivity contribution in [3.05, 3.63) is 0 Å². The van der Waals surface area contributed by atoms with E-state index < -0.39 is 0 Å². The molecule has 0 aromatic heterocycles. The number of rotatable bonds is 8. The van der Waals surface area contributed by atoms with Gasteiger partial charge in [-0.1, -0.05) is 0 Å². The van der Waals surface area contributed by atoms with Crippen LogP contribution >= 0.6 is 0 Å². The Balaban J connectivity index is 1.84. The van der Waals surface area contributed by atoms with Crippen molar-refractivity contribution >= 4 is 0 Å². The average Bonchev–Trinajstić information content (AvgIpc) is 2.15. The molecule has 1 heterocycles. The van der Waals surface area contributed by atoms with Crippen molar-refractivity contribution in [3.8, 4) is 0 Å². The Morgan fingerprint density at radius 3 is 2.64 bits per heavy atom. The monoisotopic (exact) mass is 202 g/mol. The zero-order chi connectivity index (χ0) is 10.2. The van der Waals surface area contributed by atoms with Crippen molar-refractivity contribution in [2.45, 2.75) is 19.4 Å². The molecule has 0 amide bonds. The molecular weight excluding hydrogens is 180 g/mol. The molecule has 1 unspecified atom stereocenters. The van der Waals surface area contributed by atoms with Gasteiger partial charge in [0, 0.05) is 32.3 Å². The Kier molecular flexibility index (Phi) is 6.10. The van der Waals surface area contributed by atoms with E-state index in [-0.39, 0.29) is 0 Å². The topological polar surface area (TPSA) is 47.7 Å². The fraction of sp³-hybridized carbons (Fsp3) is 1.00. The Labute approximate surface area is 86.3 Å². The highest BCUT2D eigenvalue weighted by Gasteiger charge is 2.25. The fourth-order valence-corrected chi connectivity index (χ4v) is 1.60. The van der Waals surface area contributed by atoms with Crippen LogP contribution in [0.2, 0.25) is 0 Å². The van der Waals surface area contributed by atoms with E-state index in [0.717, 1.165) is 26.3 Å². The lowest BCUT2D eigenvalue weighted by atomic mass is 10.0. The van der Waals surface area contributed by atoms with Crippen molar-refractivity contribution in [1.82, 2.24) is 4.90 Å². The van der Waals surface area contributed by atoms with E-state index in [2.05, 4.69) is 4.90 Å². The second-order valence-electron chi connectivity index (χ2n) is 3.52. The van der Waals surface area contributed by atoms with E-state index in [9.17, 15) is 0 Å². The summed E-state index contributed by atoms with van der Waals surface area (Å²) >= 11 is 0. The summed E-state index contributed by atoms with van der Waals surface area (Å²) in [5, 5.41) is 0. The summed E-state index contributed by atoms with van der Waals surface area (Å²) in [5.74, 6) is 0. The van der Waals surface area contributed by atoms with Gasteiger partial charge in [0.15, 0.2) is 0 Å². The molecule has 0 bridgehead atoms. The van der Waals surface area contributed by atoms with Gasteiger partial charge in [0.2, 0.25) is 0 Å². The number of hydrogen-bond acceptors (Lipinski definition) is 4. The first-order valence-corrected chi connectivity index (χ1v) is 5.48. The molecule has 2 N–H and O–H groups in total. The Morgan fingerprint density at radius 1 is 1.29 bits per heavy atom. The van der Waals surface area contributed by atoms with Crippen molar-refractivity contribution in [1.29, 1.82) is 0 Å². The number of hydrogen-bond donors (Lipinski definition) is 1. The summed E-state index contributed by atoms with van der Waals surface area (Å²) in [7, 11) is 0. The standard InChI is InChI=1S/C10H22N2O2/c1-2-13-7-8-14-6-5-12-4-3-10(12)9-11/h10H,2-9,11H2,1H3. The summed E-state index contributed by atoms with van der Waals surface area (Å²) < 4.78 is 10.6. The molecule has 1 fully saturated rings. The summed E-state index contributed by atoms with van der Waals surface area (Å²) in [6, 6.07) is 0.602.